The molecule has 114 valence electrons. The minimum atomic E-state index is 0.135. The summed E-state index contributed by atoms with van der Waals surface area (Å²) >= 11 is 0. The van der Waals surface area contributed by atoms with Gasteiger partial charge in [-0.15, -0.1) is 0 Å². The van der Waals surface area contributed by atoms with E-state index in [1.54, 1.807) is 12.1 Å². The fourth-order valence-corrected chi connectivity index (χ4v) is 3.17. The van der Waals surface area contributed by atoms with E-state index in [1.807, 2.05) is 36.7 Å². The first-order chi connectivity index (χ1) is 10.8. The number of benzene rings is 1. The molecule has 1 saturated carbocycles. The Hall–Kier alpha value is -2.16. The third-order valence-electron chi connectivity index (χ3n) is 4.36. The van der Waals surface area contributed by atoms with E-state index in [-0.39, 0.29) is 11.8 Å². The number of aromatic nitrogens is 1. The summed E-state index contributed by atoms with van der Waals surface area (Å²) in [4.78, 5) is 9.38. The number of phenols is 1. The number of phenolic OH excluding ortho intramolecular Hbond substituents is 1. The van der Waals surface area contributed by atoms with Crippen molar-refractivity contribution in [1.29, 1.82) is 0 Å². The Kier molecular flexibility index (Phi) is 4.84. The zero-order chi connectivity index (χ0) is 15.2. The Morgan fingerprint density at radius 3 is 2.50 bits per heavy atom. The van der Waals surface area contributed by atoms with Crippen LogP contribution in [0.2, 0.25) is 0 Å². The molecule has 1 aromatic heterocycles. The van der Waals surface area contributed by atoms with Crippen LogP contribution in [-0.2, 0) is 0 Å². The maximum Gasteiger partial charge on any atom is 0.115 e. The van der Waals surface area contributed by atoms with E-state index < -0.39 is 0 Å². The highest BCUT2D eigenvalue weighted by Crippen LogP contribution is 2.36. The third kappa shape index (κ3) is 3.73. The zero-order valence-corrected chi connectivity index (χ0v) is 12.7. The largest absolute Gasteiger partial charge is 0.508 e. The van der Waals surface area contributed by atoms with Crippen LogP contribution in [0.5, 0.6) is 5.75 Å². The molecule has 1 heterocycles. The van der Waals surface area contributed by atoms with Crippen LogP contribution in [0.3, 0.4) is 0 Å². The molecule has 3 rings (SSSR count). The van der Waals surface area contributed by atoms with Gasteiger partial charge < -0.3 is 5.11 Å². The summed E-state index contributed by atoms with van der Waals surface area (Å²) in [5.41, 5.74) is 2.07. The fraction of sp³-hybridized carbons (Fsp3) is 0.368. The van der Waals surface area contributed by atoms with Crippen molar-refractivity contribution in [3.8, 4) is 5.75 Å². The van der Waals surface area contributed by atoms with E-state index in [4.69, 9.17) is 4.99 Å². The molecule has 0 aliphatic heterocycles. The average Bonchev–Trinajstić information content (AvgIpc) is 2.59. The number of rotatable bonds is 4. The van der Waals surface area contributed by atoms with Crippen LogP contribution in [0.4, 0.5) is 0 Å². The molecule has 3 heteroatoms. The third-order valence-corrected chi connectivity index (χ3v) is 4.36. The standard InChI is InChI=1S/C19H22N2O/c22-17-11-9-15(10-12-17)14-21-19(16-6-2-1-3-7-16)18-8-4-5-13-20-18/h4-5,8-14,16,19,22H,1-3,6-7H2. The Morgan fingerprint density at radius 2 is 1.82 bits per heavy atom. The van der Waals surface area contributed by atoms with Crippen LogP contribution in [0.1, 0.15) is 49.4 Å². The van der Waals surface area contributed by atoms with Crippen molar-refractivity contribution >= 4 is 6.21 Å². The van der Waals surface area contributed by atoms with Gasteiger partial charge in [0, 0.05) is 12.4 Å². The number of aliphatic imine (C=N–C) groups is 1. The van der Waals surface area contributed by atoms with E-state index >= 15 is 0 Å². The maximum absolute atomic E-state index is 9.36. The highest BCUT2D eigenvalue weighted by Gasteiger charge is 2.25. The topological polar surface area (TPSA) is 45.5 Å². The molecule has 0 saturated heterocycles. The summed E-state index contributed by atoms with van der Waals surface area (Å²) in [5, 5.41) is 9.36. The predicted octanol–water partition coefficient (Wildman–Crippen LogP) is 4.53. The lowest BCUT2D eigenvalue weighted by molar-refractivity contribution is 0.306. The second-order valence-corrected chi connectivity index (χ2v) is 5.97. The normalized spacial score (nSPS) is 17.6. The van der Waals surface area contributed by atoms with Gasteiger partial charge in [-0.2, -0.15) is 0 Å². The molecule has 1 unspecified atom stereocenters. The lowest BCUT2D eigenvalue weighted by atomic mass is 9.83. The van der Waals surface area contributed by atoms with Crippen LogP contribution in [0.25, 0.3) is 0 Å². The summed E-state index contributed by atoms with van der Waals surface area (Å²) in [6.45, 7) is 0. The van der Waals surface area contributed by atoms with Gasteiger partial charge in [-0.3, -0.25) is 9.98 Å². The second kappa shape index (κ2) is 7.21. The molecular weight excluding hydrogens is 272 g/mol. The molecule has 0 bridgehead atoms. The van der Waals surface area contributed by atoms with Crippen LogP contribution >= 0.6 is 0 Å². The van der Waals surface area contributed by atoms with Crippen molar-refractivity contribution in [3.63, 3.8) is 0 Å². The molecule has 1 aliphatic rings. The SMILES string of the molecule is Oc1ccc(C=NC(c2ccccn2)C2CCCCC2)cc1. The van der Waals surface area contributed by atoms with Gasteiger partial charge in [-0.05, 0) is 60.7 Å². The molecule has 1 aromatic carbocycles. The van der Waals surface area contributed by atoms with Crippen molar-refractivity contribution in [2.45, 2.75) is 38.1 Å². The lowest BCUT2D eigenvalue weighted by Crippen LogP contribution is -2.16. The monoisotopic (exact) mass is 294 g/mol. The molecule has 0 radical (unpaired) electrons. The van der Waals surface area contributed by atoms with Gasteiger partial charge in [0.15, 0.2) is 0 Å². The molecule has 0 amide bonds. The van der Waals surface area contributed by atoms with Crippen molar-refractivity contribution in [2.24, 2.45) is 10.9 Å². The minimum Gasteiger partial charge on any atom is -0.508 e. The molecular formula is C19H22N2O. The fourth-order valence-electron chi connectivity index (χ4n) is 3.17. The number of pyridine rings is 1. The summed E-state index contributed by atoms with van der Waals surface area (Å²) in [6, 6.07) is 13.3. The van der Waals surface area contributed by atoms with Crippen LogP contribution < -0.4 is 0 Å². The molecule has 1 aliphatic carbocycles. The van der Waals surface area contributed by atoms with Gasteiger partial charge in [0.1, 0.15) is 5.75 Å². The summed E-state index contributed by atoms with van der Waals surface area (Å²) in [5.74, 6) is 0.864. The molecule has 2 aromatic rings. The summed E-state index contributed by atoms with van der Waals surface area (Å²) < 4.78 is 0. The first-order valence-electron chi connectivity index (χ1n) is 8.06. The van der Waals surface area contributed by atoms with Crippen LogP contribution in [-0.4, -0.2) is 16.3 Å². The smallest absolute Gasteiger partial charge is 0.115 e. The Morgan fingerprint density at radius 1 is 1.05 bits per heavy atom. The van der Waals surface area contributed by atoms with Gasteiger partial charge in [-0.25, -0.2) is 0 Å². The van der Waals surface area contributed by atoms with Crippen molar-refractivity contribution in [1.82, 2.24) is 4.98 Å². The van der Waals surface area contributed by atoms with E-state index in [0.29, 0.717) is 5.92 Å². The Bertz CT molecular complexity index is 601. The Labute approximate surface area is 131 Å². The Balaban J connectivity index is 1.83. The number of aromatic hydroxyl groups is 1. The van der Waals surface area contributed by atoms with Crippen molar-refractivity contribution in [3.05, 3.63) is 59.9 Å². The highest BCUT2D eigenvalue weighted by atomic mass is 16.3. The van der Waals surface area contributed by atoms with E-state index in [2.05, 4.69) is 11.1 Å². The van der Waals surface area contributed by atoms with Crippen LogP contribution in [0, 0.1) is 5.92 Å². The molecule has 3 nitrogen and oxygen atoms in total. The lowest BCUT2D eigenvalue weighted by Gasteiger charge is -2.27. The van der Waals surface area contributed by atoms with Crippen molar-refractivity contribution < 1.29 is 5.11 Å². The molecule has 1 atom stereocenters. The highest BCUT2D eigenvalue weighted by molar-refractivity contribution is 5.79. The van der Waals surface area contributed by atoms with Gasteiger partial charge in [0.05, 0.1) is 11.7 Å². The molecule has 1 fully saturated rings. The van der Waals surface area contributed by atoms with Gasteiger partial charge in [0.2, 0.25) is 0 Å². The van der Waals surface area contributed by atoms with Gasteiger partial charge >= 0.3 is 0 Å². The number of nitrogens with zero attached hydrogens (tertiary/aromatic N) is 2. The maximum atomic E-state index is 9.36. The molecule has 22 heavy (non-hydrogen) atoms. The minimum absolute atomic E-state index is 0.135. The number of hydrogen-bond acceptors (Lipinski definition) is 3. The average molecular weight is 294 g/mol. The molecule has 0 spiro atoms. The molecule has 1 N–H and O–H groups in total. The van der Waals surface area contributed by atoms with E-state index in [9.17, 15) is 5.11 Å². The number of hydrogen-bond donors (Lipinski definition) is 1. The second-order valence-electron chi connectivity index (χ2n) is 5.97. The summed E-state index contributed by atoms with van der Waals surface area (Å²) in [6.07, 6.45) is 10.1. The zero-order valence-electron chi connectivity index (χ0n) is 12.7. The van der Waals surface area contributed by atoms with Gasteiger partial charge in [-0.1, -0.05) is 25.3 Å². The first kappa shape index (κ1) is 14.8. The van der Waals surface area contributed by atoms with E-state index in [0.717, 1.165) is 11.3 Å². The first-order valence-corrected chi connectivity index (χ1v) is 8.06. The summed E-state index contributed by atoms with van der Waals surface area (Å²) in [7, 11) is 0. The quantitative estimate of drug-likeness (QED) is 0.842. The van der Waals surface area contributed by atoms with E-state index in [1.165, 1.54) is 32.1 Å². The van der Waals surface area contributed by atoms with Crippen molar-refractivity contribution in [2.75, 3.05) is 0 Å². The van der Waals surface area contributed by atoms with Gasteiger partial charge in [0.25, 0.3) is 0 Å². The predicted molar refractivity (Wildman–Crippen MR) is 89.3 cm³/mol. The van der Waals surface area contributed by atoms with Crippen LogP contribution in [0.15, 0.2) is 53.7 Å².